The van der Waals surface area contributed by atoms with Crippen LogP contribution in [0.2, 0.25) is 0 Å². The second kappa shape index (κ2) is 6.75. The van der Waals surface area contributed by atoms with Gasteiger partial charge >= 0.3 is 0 Å². The zero-order chi connectivity index (χ0) is 18.3. The topological polar surface area (TPSA) is 105 Å². The molecule has 2 aromatic rings. The molecule has 2 aromatic heterocycles. The minimum absolute atomic E-state index is 0.157. The van der Waals surface area contributed by atoms with Crippen LogP contribution in [0.3, 0.4) is 0 Å². The van der Waals surface area contributed by atoms with Crippen molar-refractivity contribution in [3.8, 4) is 10.7 Å². The molecule has 1 saturated carbocycles. The number of aromatic nitrogens is 2. The van der Waals surface area contributed by atoms with Crippen LogP contribution in [-0.4, -0.2) is 49.0 Å². The van der Waals surface area contributed by atoms with Crippen LogP contribution in [0.1, 0.15) is 42.4 Å². The Bertz CT molecular complexity index is 924. The molecule has 0 radical (unpaired) electrons. The Morgan fingerprint density at radius 3 is 2.81 bits per heavy atom. The molecule has 0 spiro atoms. The molecule has 1 aliphatic carbocycles. The standard InChI is InChI=1S/C16H20N4O4S2/c1-10-13(26(22,23)17-9-14(21)20-6-2-3-7-20)8-12(25-10)15-18-16(24-19-15)11-4-5-11/h8,11,17H,2-7,9H2,1H3. The van der Waals surface area contributed by atoms with E-state index >= 15 is 0 Å². The summed E-state index contributed by atoms with van der Waals surface area (Å²) >= 11 is 1.30. The zero-order valence-corrected chi connectivity index (χ0v) is 16.0. The number of aryl methyl sites for hydroxylation is 1. The summed E-state index contributed by atoms with van der Waals surface area (Å²) in [6.07, 6.45) is 4.05. The number of carbonyl (C=O) groups is 1. The zero-order valence-electron chi connectivity index (χ0n) is 14.4. The summed E-state index contributed by atoms with van der Waals surface area (Å²) in [7, 11) is -3.77. The van der Waals surface area contributed by atoms with Gasteiger partial charge in [0.05, 0.1) is 16.3 Å². The van der Waals surface area contributed by atoms with Gasteiger partial charge in [-0.15, -0.1) is 11.3 Å². The highest BCUT2D eigenvalue weighted by Crippen LogP contribution is 2.40. The summed E-state index contributed by atoms with van der Waals surface area (Å²) in [6.45, 7) is 2.90. The summed E-state index contributed by atoms with van der Waals surface area (Å²) < 4.78 is 32.9. The van der Waals surface area contributed by atoms with E-state index in [1.54, 1.807) is 17.9 Å². The first-order chi connectivity index (χ1) is 12.4. The Balaban J connectivity index is 1.48. The summed E-state index contributed by atoms with van der Waals surface area (Å²) in [6, 6.07) is 1.55. The highest BCUT2D eigenvalue weighted by atomic mass is 32.2. The molecule has 10 heteroatoms. The molecule has 1 N–H and O–H groups in total. The van der Waals surface area contributed by atoms with E-state index in [0.29, 0.717) is 40.5 Å². The molecule has 0 atom stereocenters. The molecule has 0 bridgehead atoms. The maximum absolute atomic E-state index is 12.6. The van der Waals surface area contributed by atoms with Gasteiger partial charge in [-0.25, -0.2) is 13.1 Å². The van der Waals surface area contributed by atoms with Crippen molar-refractivity contribution in [3.63, 3.8) is 0 Å². The number of hydrogen-bond donors (Lipinski definition) is 1. The van der Waals surface area contributed by atoms with Gasteiger partial charge in [0, 0.05) is 23.9 Å². The first-order valence-corrected chi connectivity index (χ1v) is 11.0. The van der Waals surface area contributed by atoms with Crippen LogP contribution in [0.4, 0.5) is 0 Å². The molecule has 1 saturated heterocycles. The number of nitrogens with one attached hydrogen (secondary N) is 1. The van der Waals surface area contributed by atoms with Crippen molar-refractivity contribution in [3.05, 3.63) is 16.8 Å². The third kappa shape index (κ3) is 3.53. The molecular weight excluding hydrogens is 376 g/mol. The monoisotopic (exact) mass is 396 g/mol. The van der Waals surface area contributed by atoms with Gasteiger partial charge < -0.3 is 9.42 Å². The largest absolute Gasteiger partial charge is 0.342 e. The van der Waals surface area contributed by atoms with Gasteiger partial charge in [0.1, 0.15) is 0 Å². The summed E-state index contributed by atoms with van der Waals surface area (Å²) in [5.74, 6) is 1.18. The van der Waals surface area contributed by atoms with Gasteiger partial charge in [0.15, 0.2) is 0 Å². The Morgan fingerprint density at radius 1 is 1.38 bits per heavy atom. The molecular formula is C16H20N4O4S2. The van der Waals surface area contributed by atoms with Gasteiger partial charge in [-0.3, -0.25) is 4.79 Å². The van der Waals surface area contributed by atoms with Crippen LogP contribution in [0.25, 0.3) is 10.7 Å². The normalized spacial score (nSPS) is 17.8. The van der Waals surface area contributed by atoms with Crippen LogP contribution in [-0.2, 0) is 14.8 Å². The first kappa shape index (κ1) is 17.6. The molecule has 2 fully saturated rings. The number of likely N-dealkylation sites (tertiary alicyclic amines) is 1. The SMILES string of the molecule is Cc1sc(-c2noc(C3CC3)n2)cc1S(=O)(=O)NCC(=O)N1CCCC1. The number of amides is 1. The molecule has 26 heavy (non-hydrogen) atoms. The summed E-state index contributed by atoms with van der Waals surface area (Å²) in [5, 5.41) is 3.96. The Morgan fingerprint density at radius 2 is 2.12 bits per heavy atom. The Kier molecular flexibility index (Phi) is 4.57. The number of sulfonamides is 1. The molecule has 8 nitrogen and oxygen atoms in total. The minimum Gasteiger partial charge on any atom is -0.342 e. The lowest BCUT2D eigenvalue weighted by Gasteiger charge is -2.15. The fourth-order valence-corrected chi connectivity index (χ4v) is 5.48. The molecule has 1 aliphatic heterocycles. The molecule has 0 unspecified atom stereocenters. The van der Waals surface area contributed by atoms with E-state index in [1.807, 2.05) is 0 Å². The van der Waals surface area contributed by atoms with Crippen LogP contribution in [0.15, 0.2) is 15.5 Å². The third-order valence-corrected chi connectivity index (χ3v) is 7.33. The van der Waals surface area contributed by atoms with Crippen LogP contribution in [0.5, 0.6) is 0 Å². The van der Waals surface area contributed by atoms with E-state index in [-0.39, 0.29) is 17.3 Å². The highest BCUT2D eigenvalue weighted by Gasteiger charge is 2.30. The van der Waals surface area contributed by atoms with E-state index in [0.717, 1.165) is 25.7 Å². The molecule has 1 amide bonds. The lowest BCUT2D eigenvalue weighted by atomic mass is 10.4. The lowest BCUT2D eigenvalue weighted by Crippen LogP contribution is -2.38. The maximum atomic E-state index is 12.6. The number of thiophene rings is 1. The molecule has 3 heterocycles. The molecule has 0 aromatic carbocycles. The van der Waals surface area contributed by atoms with E-state index in [2.05, 4.69) is 14.9 Å². The van der Waals surface area contributed by atoms with E-state index in [1.165, 1.54) is 11.3 Å². The van der Waals surface area contributed by atoms with Crippen molar-refractivity contribution >= 4 is 27.3 Å². The van der Waals surface area contributed by atoms with Crippen molar-refractivity contribution < 1.29 is 17.7 Å². The fraction of sp³-hybridized carbons (Fsp3) is 0.562. The van der Waals surface area contributed by atoms with Gasteiger partial charge in [-0.2, -0.15) is 4.98 Å². The lowest BCUT2D eigenvalue weighted by molar-refractivity contribution is -0.128. The van der Waals surface area contributed by atoms with Crippen molar-refractivity contribution in [2.24, 2.45) is 0 Å². The minimum atomic E-state index is -3.77. The Hall–Kier alpha value is -1.78. The van der Waals surface area contributed by atoms with Gasteiger partial charge in [0.2, 0.25) is 27.6 Å². The molecule has 4 rings (SSSR count). The second-order valence-electron chi connectivity index (χ2n) is 6.67. The van der Waals surface area contributed by atoms with Gasteiger partial charge in [0.25, 0.3) is 0 Å². The smallest absolute Gasteiger partial charge is 0.242 e. The first-order valence-electron chi connectivity index (χ1n) is 8.66. The Labute approximate surface area is 155 Å². The number of hydrogen-bond acceptors (Lipinski definition) is 7. The average Bonchev–Trinajstić information content (AvgIpc) is 3.06. The van der Waals surface area contributed by atoms with E-state index in [9.17, 15) is 13.2 Å². The van der Waals surface area contributed by atoms with Crippen molar-refractivity contribution in [2.75, 3.05) is 19.6 Å². The average molecular weight is 396 g/mol. The second-order valence-corrected chi connectivity index (χ2v) is 9.67. The van der Waals surface area contributed by atoms with E-state index in [4.69, 9.17) is 4.52 Å². The predicted octanol–water partition coefficient (Wildman–Crippen LogP) is 1.88. The maximum Gasteiger partial charge on any atom is 0.242 e. The van der Waals surface area contributed by atoms with Gasteiger partial charge in [-0.1, -0.05) is 5.16 Å². The molecule has 140 valence electrons. The van der Waals surface area contributed by atoms with Crippen molar-refractivity contribution in [1.29, 1.82) is 0 Å². The fourth-order valence-electron chi connectivity index (χ4n) is 2.99. The molecule has 2 aliphatic rings. The van der Waals surface area contributed by atoms with Crippen molar-refractivity contribution in [1.82, 2.24) is 19.8 Å². The highest BCUT2D eigenvalue weighted by molar-refractivity contribution is 7.89. The van der Waals surface area contributed by atoms with E-state index < -0.39 is 10.0 Å². The number of carbonyl (C=O) groups excluding carboxylic acids is 1. The number of nitrogens with zero attached hydrogens (tertiary/aromatic N) is 3. The van der Waals surface area contributed by atoms with Crippen LogP contribution < -0.4 is 4.72 Å². The summed E-state index contributed by atoms with van der Waals surface area (Å²) in [4.78, 5) is 19.6. The van der Waals surface area contributed by atoms with Gasteiger partial charge in [-0.05, 0) is 38.7 Å². The van der Waals surface area contributed by atoms with Crippen LogP contribution >= 0.6 is 11.3 Å². The summed E-state index contributed by atoms with van der Waals surface area (Å²) in [5.41, 5.74) is 0. The van der Waals surface area contributed by atoms with Crippen molar-refractivity contribution in [2.45, 2.75) is 43.4 Å². The predicted molar refractivity (Wildman–Crippen MR) is 95.3 cm³/mol. The number of rotatable bonds is 6. The van der Waals surface area contributed by atoms with Crippen LogP contribution in [0, 0.1) is 6.92 Å². The quantitative estimate of drug-likeness (QED) is 0.799. The third-order valence-electron chi connectivity index (χ3n) is 4.62.